The average molecular weight is 326 g/mol. The first-order valence-electron chi connectivity index (χ1n) is 6.25. The molecule has 0 aliphatic heterocycles. The minimum atomic E-state index is 0.450. The lowest BCUT2D eigenvalue weighted by Crippen LogP contribution is -1.90. The van der Waals surface area contributed by atoms with Gasteiger partial charge in [0.25, 0.3) is 0 Å². The predicted molar refractivity (Wildman–Crippen MR) is 82.5 cm³/mol. The minimum absolute atomic E-state index is 0.450. The van der Waals surface area contributed by atoms with Crippen LogP contribution in [0.3, 0.4) is 0 Å². The molecule has 0 amide bonds. The lowest BCUT2D eigenvalue weighted by molar-refractivity contribution is 1.15. The Morgan fingerprint density at radius 2 is 1.95 bits per heavy atom. The quantitative estimate of drug-likeness (QED) is 0.671. The summed E-state index contributed by atoms with van der Waals surface area (Å²) >= 11 is 3.46. The molecule has 3 nitrogen and oxygen atoms in total. The van der Waals surface area contributed by atoms with Crippen molar-refractivity contribution in [3.05, 3.63) is 57.8 Å². The van der Waals surface area contributed by atoms with Crippen LogP contribution in [-0.4, -0.2) is 9.38 Å². The number of halogens is 1. The van der Waals surface area contributed by atoms with Crippen LogP contribution in [-0.2, 0) is 0 Å². The molecule has 3 aromatic rings. The van der Waals surface area contributed by atoms with Gasteiger partial charge in [-0.1, -0.05) is 12.1 Å². The molecule has 0 spiro atoms. The van der Waals surface area contributed by atoms with Crippen LogP contribution in [0.4, 0.5) is 0 Å². The molecule has 0 N–H and O–H groups in total. The van der Waals surface area contributed by atoms with Gasteiger partial charge < -0.3 is 0 Å². The van der Waals surface area contributed by atoms with Gasteiger partial charge in [-0.05, 0) is 59.1 Å². The highest BCUT2D eigenvalue weighted by Gasteiger charge is 2.13. The van der Waals surface area contributed by atoms with Gasteiger partial charge in [-0.2, -0.15) is 5.26 Å². The topological polar surface area (TPSA) is 41.1 Å². The third-order valence-corrected chi connectivity index (χ3v) is 3.94. The van der Waals surface area contributed by atoms with E-state index in [0.717, 1.165) is 21.4 Å². The molecule has 3 rings (SSSR count). The van der Waals surface area contributed by atoms with Crippen molar-refractivity contribution in [2.24, 2.45) is 0 Å². The number of hydrogen-bond donors (Lipinski definition) is 0. The van der Waals surface area contributed by atoms with Gasteiger partial charge in [-0.25, -0.2) is 4.98 Å². The van der Waals surface area contributed by atoms with E-state index in [1.165, 1.54) is 11.1 Å². The van der Waals surface area contributed by atoms with Crippen LogP contribution in [0.5, 0.6) is 0 Å². The van der Waals surface area contributed by atoms with E-state index in [9.17, 15) is 5.26 Å². The lowest BCUT2D eigenvalue weighted by atomic mass is 10.1. The number of rotatable bonds is 1. The van der Waals surface area contributed by atoms with Crippen LogP contribution < -0.4 is 0 Å². The SMILES string of the molecule is Cc1ccc(-c2nc(C#N)c3ccc(Br)cn23)cc1C. The average Bonchev–Trinajstić information content (AvgIpc) is 2.79. The van der Waals surface area contributed by atoms with Crippen LogP contribution in [0.25, 0.3) is 16.9 Å². The van der Waals surface area contributed by atoms with E-state index in [1.807, 2.05) is 28.8 Å². The van der Waals surface area contributed by atoms with E-state index in [-0.39, 0.29) is 0 Å². The highest BCUT2D eigenvalue weighted by Crippen LogP contribution is 2.26. The predicted octanol–water partition coefficient (Wildman–Crippen LogP) is 4.25. The maximum atomic E-state index is 9.23. The fraction of sp³-hybridized carbons (Fsp3) is 0.125. The number of nitriles is 1. The molecule has 0 saturated heterocycles. The summed E-state index contributed by atoms with van der Waals surface area (Å²) in [7, 11) is 0. The number of pyridine rings is 1. The molecule has 2 aromatic heterocycles. The Bertz CT molecular complexity index is 856. The van der Waals surface area contributed by atoms with Gasteiger partial charge in [0.05, 0.1) is 5.52 Å². The summed E-state index contributed by atoms with van der Waals surface area (Å²) in [5.74, 6) is 0.793. The first kappa shape index (κ1) is 12.9. The molecule has 0 fully saturated rings. The Kier molecular flexibility index (Phi) is 3.07. The molecule has 0 aliphatic rings. The van der Waals surface area contributed by atoms with E-state index in [0.29, 0.717) is 5.69 Å². The van der Waals surface area contributed by atoms with Crippen LogP contribution >= 0.6 is 15.9 Å². The van der Waals surface area contributed by atoms with Crippen molar-refractivity contribution >= 4 is 21.4 Å². The van der Waals surface area contributed by atoms with Crippen molar-refractivity contribution in [3.63, 3.8) is 0 Å². The zero-order chi connectivity index (χ0) is 14.3. The maximum Gasteiger partial charge on any atom is 0.166 e. The van der Waals surface area contributed by atoms with Gasteiger partial charge >= 0.3 is 0 Å². The third kappa shape index (κ3) is 2.00. The maximum absolute atomic E-state index is 9.23. The zero-order valence-electron chi connectivity index (χ0n) is 11.2. The van der Waals surface area contributed by atoms with Crippen molar-refractivity contribution in [2.75, 3.05) is 0 Å². The Morgan fingerprint density at radius 3 is 2.65 bits per heavy atom. The van der Waals surface area contributed by atoms with Gasteiger partial charge in [0.15, 0.2) is 5.69 Å². The van der Waals surface area contributed by atoms with Gasteiger partial charge in [-0.15, -0.1) is 0 Å². The number of hydrogen-bond acceptors (Lipinski definition) is 2. The monoisotopic (exact) mass is 325 g/mol. The normalized spacial score (nSPS) is 10.7. The van der Waals surface area contributed by atoms with Gasteiger partial charge in [0.1, 0.15) is 11.9 Å². The van der Waals surface area contributed by atoms with Gasteiger partial charge in [0, 0.05) is 16.2 Å². The number of aryl methyl sites for hydroxylation is 2. The molecule has 0 bridgehead atoms. The summed E-state index contributed by atoms with van der Waals surface area (Å²) in [5, 5.41) is 9.23. The molecular weight excluding hydrogens is 314 g/mol. The molecule has 0 unspecified atom stereocenters. The van der Waals surface area contributed by atoms with Crippen LogP contribution in [0.1, 0.15) is 16.8 Å². The van der Waals surface area contributed by atoms with Crippen molar-refractivity contribution in [3.8, 4) is 17.5 Å². The Balaban J connectivity index is 2.33. The first-order chi connectivity index (χ1) is 9.60. The molecule has 0 atom stereocenters. The molecule has 20 heavy (non-hydrogen) atoms. The second kappa shape index (κ2) is 4.77. The lowest BCUT2D eigenvalue weighted by Gasteiger charge is -2.05. The number of fused-ring (bicyclic) bond motifs is 1. The second-order valence-corrected chi connectivity index (χ2v) is 5.71. The van der Waals surface area contributed by atoms with Crippen molar-refractivity contribution in [1.82, 2.24) is 9.38 Å². The van der Waals surface area contributed by atoms with Crippen LogP contribution in [0.2, 0.25) is 0 Å². The Morgan fingerprint density at radius 1 is 1.15 bits per heavy atom. The third-order valence-electron chi connectivity index (χ3n) is 3.47. The summed E-state index contributed by atoms with van der Waals surface area (Å²) in [6.07, 6.45) is 1.94. The first-order valence-corrected chi connectivity index (χ1v) is 7.05. The van der Waals surface area contributed by atoms with Gasteiger partial charge in [0.2, 0.25) is 0 Å². The summed E-state index contributed by atoms with van der Waals surface area (Å²) < 4.78 is 2.91. The Hall–Kier alpha value is -2.12. The molecule has 0 aliphatic carbocycles. The molecule has 2 heterocycles. The van der Waals surface area contributed by atoms with E-state index < -0.39 is 0 Å². The highest BCUT2D eigenvalue weighted by molar-refractivity contribution is 9.10. The summed E-state index contributed by atoms with van der Waals surface area (Å²) in [6, 6.07) is 12.2. The van der Waals surface area contributed by atoms with E-state index in [4.69, 9.17) is 0 Å². The molecule has 0 saturated carbocycles. The number of nitrogens with zero attached hydrogens (tertiary/aromatic N) is 3. The van der Waals surface area contributed by atoms with Crippen LogP contribution in [0.15, 0.2) is 41.0 Å². The number of aromatic nitrogens is 2. The van der Waals surface area contributed by atoms with Gasteiger partial charge in [-0.3, -0.25) is 4.40 Å². The summed E-state index contributed by atoms with van der Waals surface area (Å²) in [6.45, 7) is 4.16. The van der Waals surface area contributed by atoms with Crippen LogP contribution in [0, 0.1) is 25.2 Å². The number of benzene rings is 1. The molecule has 1 aromatic carbocycles. The fourth-order valence-corrected chi connectivity index (χ4v) is 2.56. The molecule has 98 valence electrons. The zero-order valence-corrected chi connectivity index (χ0v) is 12.8. The summed E-state index contributed by atoms with van der Waals surface area (Å²) in [4.78, 5) is 4.47. The summed E-state index contributed by atoms with van der Waals surface area (Å²) in [5.41, 5.74) is 4.75. The highest BCUT2D eigenvalue weighted by atomic mass is 79.9. The fourth-order valence-electron chi connectivity index (χ4n) is 2.23. The smallest absolute Gasteiger partial charge is 0.166 e. The van der Waals surface area contributed by atoms with E-state index in [2.05, 4.69) is 53.0 Å². The molecule has 4 heteroatoms. The standard InChI is InChI=1S/C16H12BrN3/c1-10-3-4-12(7-11(10)2)16-19-14(8-18)15-6-5-13(17)9-20(15)16/h3-7,9H,1-2H3. The van der Waals surface area contributed by atoms with Crippen molar-refractivity contribution in [2.45, 2.75) is 13.8 Å². The largest absolute Gasteiger partial charge is 0.297 e. The second-order valence-electron chi connectivity index (χ2n) is 4.80. The Labute approximate surface area is 125 Å². The number of imidazole rings is 1. The van der Waals surface area contributed by atoms with E-state index in [1.54, 1.807) is 0 Å². The van der Waals surface area contributed by atoms with E-state index >= 15 is 0 Å². The van der Waals surface area contributed by atoms with Crippen molar-refractivity contribution in [1.29, 1.82) is 5.26 Å². The molecular formula is C16H12BrN3. The van der Waals surface area contributed by atoms with Crippen molar-refractivity contribution < 1.29 is 0 Å². The minimum Gasteiger partial charge on any atom is -0.297 e. The molecule has 0 radical (unpaired) electrons.